The van der Waals surface area contributed by atoms with Crippen LogP contribution in [0.1, 0.15) is 17.8 Å². The van der Waals surface area contributed by atoms with Crippen LogP contribution in [-0.4, -0.2) is 9.97 Å². The molecule has 11 heavy (non-hydrogen) atoms. The first kappa shape index (κ1) is 8.33. The molecular weight excluding hydrogens is 174 g/mol. The first-order chi connectivity index (χ1) is 5.25. The fourth-order valence-electron chi connectivity index (χ4n) is 0.663. The summed E-state index contributed by atoms with van der Waals surface area (Å²) in [6, 6.07) is 0. The Bertz CT molecular complexity index is 242. The Kier molecular flexibility index (Phi) is 2.70. The average Bonchev–Trinajstić information content (AvgIpc) is 2.04. The van der Waals surface area contributed by atoms with E-state index in [-0.39, 0.29) is 17.3 Å². The summed E-state index contributed by atoms with van der Waals surface area (Å²) >= 11 is 5.34. The summed E-state index contributed by atoms with van der Waals surface area (Å²) in [4.78, 5) is 7.10. The van der Waals surface area contributed by atoms with Crippen molar-refractivity contribution in [2.75, 3.05) is 0 Å². The van der Waals surface area contributed by atoms with Gasteiger partial charge in [-0.1, -0.05) is 0 Å². The highest BCUT2D eigenvalue weighted by Crippen LogP contribution is 2.19. The Hall–Kier alpha value is -0.770. The van der Waals surface area contributed by atoms with E-state index in [1.807, 2.05) is 0 Å². The molecule has 1 aromatic rings. The molecule has 1 aromatic heterocycles. The van der Waals surface area contributed by atoms with Gasteiger partial charge in [0.05, 0.1) is 11.6 Å². The van der Waals surface area contributed by atoms with Gasteiger partial charge in [0.15, 0.2) is 0 Å². The molecule has 0 aliphatic rings. The van der Waals surface area contributed by atoms with Crippen LogP contribution in [-0.2, 0) is 5.88 Å². The molecule has 1 heterocycles. The molecule has 0 aliphatic carbocycles. The smallest absolute Gasteiger partial charge is 0.256 e. The second-order valence-corrected chi connectivity index (χ2v) is 2.09. The Balaban J connectivity index is 3.02. The number of rotatable bonds is 2. The van der Waals surface area contributed by atoms with Crippen LogP contribution in [0.25, 0.3) is 0 Å². The van der Waals surface area contributed by atoms with Crippen LogP contribution in [0.2, 0.25) is 0 Å². The van der Waals surface area contributed by atoms with Gasteiger partial charge in [0, 0.05) is 12.4 Å². The molecule has 0 radical (unpaired) electrons. The summed E-state index contributed by atoms with van der Waals surface area (Å²) in [6.45, 7) is 0. The highest BCUT2D eigenvalue weighted by molar-refractivity contribution is 6.16. The summed E-state index contributed by atoms with van der Waals surface area (Å²) in [7, 11) is 0. The van der Waals surface area contributed by atoms with E-state index >= 15 is 0 Å². The highest BCUT2D eigenvalue weighted by atomic mass is 35.5. The third-order valence-corrected chi connectivity index (χ3v) is 1.39. The topological polar surface area (TPSA) is 25.8 Å². The maximum absolute atomic E-state index is 12.1. The molecule has 5 heteroatoms. The monoisotopic (exact) mass is 178 g/mol. The van der Waals surface area contributed by atoms with Crippen LogP contribution in [0.5, 0.6) is 0 Å². The van der Waals surface area contributed by atoms with Gasteiger partial charge >= 0.3 is 0 Å². The zero-order chi connectivity index (χ0) is 8.27. The molecular formula is C6H5ClF2N2. The van der Waals surface area contributed by atoms with Crippen molar-refractivity contribution in [1.29, 1.82) is 0 Å². The van der Waals surface area contributed by atoms with Crippen LogP contribution >= 0.6 is 11.6 Å². The quantitative estimate of drug-likeness (QED) is 0.649. The molecule has 0 atom stereocenters. The summed E-state index contributed by atoms with van der Waals surface area (Å²) in [5.74, 6) is -0.0342. The lowest BCUT2D eigenvalue weighted by Crippen LogP contribution is -1.98. The maximum Gasteiger partial charge on any atom is 0.282 e. The number of halogens is 3. The Morgan fingerprint density at radius 3 is 2.45 bits per heavy atom. The van der Waals surface area contributed by atoms with Gasteiger partial charge in [-0.05, 0) is 0 Å². The summed E-state index contributed by atoms with van der Waals surface area (Å²) in [5.41, 5.74) is -0.188. The number of aromatic nitrogens is 2. The van der Waals surface area contributed by atoms with Crippen molar-refractivity contribution in [1.82, 2.24) is 9.97 Å². The first-order valence-electron chi connectivity index (χ1n) is 2.89. The molecule has 0 saturated heterocycles. The lowest BCUT2D eigenvalue weighted by atomic mass is 10.3. The van der Waals surface area contributed by atoms with Gasteiger partial charge in [-0.3, -0.25) is 9.97 Å². The lowest BCUT2D eigenvalue weighted by Gasteiger charge is -2.01. The second-order valence-electron chi connectivity index (χ2n) is 1.82. The normalized spacial score (nSPS) is 10.5. The Morgan fingerprint density at radius 2 is 2.00 bits per heavy atom. The zero-order valence-electron chi connectivity index (χ0n) is 5.47. The summed E-state index contributed by atoms with van der Waals surface area (Å²) < 4.78 is 24.1. The molecule has 0 aromatic carbocycles. The first-order valence-corrected chi connectivity index (χ1v) is 3.43. The predicted molar refractivity (Wildman–Crippen MR) is 36.5 cm³/mol. The molecule has 0 amide bonds. The van der Waals surface area contributed by atoms with Crippen LogP contribution in [0.3, 0.4) is 0 Å². The van der Waals surface area contributed by atoms with Gasteiger partial charge in [0.2, 0.25) is 0 Å². The Morgan fingerprint density at radius 1 is 1.36 bits per heavy atom. The van der Waals surface area contributed by atoms with Gasteiger partial charge < -0.3 is 0 Å². The Labute approximate surface area is 67.2 Å². The zero-order valence-corrected chi connectivity index (χ0v) is 6.22. The van der Waals surface area contributed by atoms with E-state index in [1.54, 1.807) is 0 Å². The van der Waals surface area contributed by atoms with Crippen molar-refractivity contribution in [3.05, 3.63) is 23.8 Å². The minimum atomic E-state index is -2.60. The third kappa shape index (κ3) is 1.83. The standard InChI is InChI=1S/C6H5ClF2N2/c7-3-4-5(6(8)9)11-2-1-10-4/h1-2,6H,3H2. The molecule has 0 fully saturated rings. The van der Waals surface area contributed by atoms with Crippen molar-refractivity contribution >= 4 is 11.6 Å². The number of alkyl halides is 3. The van der Waals surface area contributed by atoms with Gasteiger partial charge in [0.1, 0.15) is 5.69 Å². The summed E-state index contributed by atoms with van der Waals surface area (Å²) in [5, 5.41) is 0. The molecule has 0 aliphatic heterocycles. The lowest BCUT2D eigenvalue weighted by molar-refractivity contribution is 0.144. The van der Waals surface area contributed by atoms with Crippen molar-refractivity contribution in [2.45, 2.75) is 12.3 Å². The van der Waals surface area contributed by atoms with Gasteiger partial charge in [0.25, 0.3) is 6.43 Å². The van der Waals surface area contributed by atoms with Crippen molar-refractivity contribution in [3.63, 3.8) is 0 Å². The van der Waals surface area contributed by atoms with Gasteiger partial charge in [-0.25, -0.2) is 8.78 Å². The molecule has 0 unspecified atom stereocenters. The van der Waals surface area contributed by atoms with E-state index in [9.17, 15) is 8.78 Å². The van der Waals surface area contributed by atoms with E-state index in [0.29, 0.717) is 0 Å². The fourth-order valence-corrected chi connectivity index (χ4v) is 0.869. The predicted octanol–water partition coefficient (Wildman–Crippen LogP) is 2.15. The van der Waals surface area contributed by atoms with Crippen molar-refractivity contribution in [3.8, 4) is 0 Å². The number of hydrogen-bond acceptors (Lipinski definition) is 2. The van der Waals surface area contributed by atoms with Crippen molar-refractivity contribution in [2.24, 2.45) is 0 Å². The molecule has 1 rings (SSSR count). The molecule has 2 nitrogen and oxygen atoms in total. The van der Waals surface area contributed by atoms with Crippen LogP contribution < -0.4 is 0 Å². The van der Waals surface area contributed by atoms with E-state index in [1.165, 1.54) is 12.4 Å². The molecule has 0 spiro atoms. The second kappa shape index (κ2) is 3.57. The molecule has 0 N–H and O–H groups in total. The maximum atomic E-state index is 12.1. The van der Waals surface area contributed by atoms with Gasteiger partial charge in [-0.15, -0.1) is 11.6 Å². The van der Waals surface area contributed by atoms with Crippen LogP contribution in [0.4, 0.5) is 8.78 Å². The molecule has 0 bridgehead atoms. The minimum absolute atomic E-state index is 0.0342. The highest BCUT2D eigenvalue weighted by Gasteiger charge is 2.13. The SMILES string of the molecule is FC(F)c1nccnc1CCl. The van der Waals surface area contributed by atoms with E-state index < -0.39 is 6.43 Å². The van der Waals surface area contributed by atoms with Crippen molar-refractivity contribution < 1.29 is 8.78 Å². The third-order valence-electron chi connectivity index (χ3n) is 1.14. The largest absolute Gasteiger partial charge is 0.282 e. The average molecular weight is 179 g/mol. The number of hydrogen-bond donors (Lipinski definition) is 0. The van der Waals surface area contributed by atoms with Gasteiger partial charge in [-0.2, -0.15) is 0 Å². The van der Waals surface area contributed by atoms with Crippen LogP contribution in [0, 0.1) is 0 Å². The minimum Gasteiger partial charge on any atom is -0.256 e. The molecule has 0 saturated carbocycles. The molecule has 60 valence electrons. The van der Waals surface area contributed by atoms with E-state index in [4.69, 9.17) is 11.6 Å². The van der Waals surface area contributed by atoms with Crippen LogP contribution in [0.15, 0.2) is 12.4 Å². The number of nitrogens with zero attached hydrogens (tertiary/aromatic N) is 2. The van der Waals surface area contributed by atoms with E-state index in [2.05, 4.69) is 9.97 Å². The van der Waals surface area contributed by atoms with E-state index in [0.717, 1.165) is 0 Å². The fraction of sp³-hybridized carbons (Fsp3) is 0.333. The summed E-state index contributed by atoms with van der Waals surface area (Å²) in [6.07, 6.45) is -0.0429.